The van der Waals surface area contributed by atoms with E-state index in [2.05, 4.69) is 0 Å². The predicted octanol–water partition coefficient (Wildman–Crippen LogP) is 2.25. The van der Waals surface area contributed by atoms with Gasteiger partial charge in [0.25, 0.3) is 11.6 Å². The van der Waals surface area contributed by atoms with Crippen molar-refractivity contribution in [2.24, 2.45) is 10.8 Å². The summed E-state index contributed by atoms with van der Waals surface area (Å²) in [6.45, 7) is 9.56. The summed E-state index contributed by atoms with van der Waals surface area (Å²) in [5.41, 5.74) is -3.69. The molecular formula is C19H28FN2O7P. The second-order valence-electron chi connectivity index (χ2n) is 8.67. The highest BCUT2D eigenvalue weighted by atomic mass is 31.1. The Morgan fingerprint density at radius 1 is 1.10 bits per heavy atom. The van der Waals surface area contributed by atoms with Gasteiger partial charge in [-0.15, -0.1) is 0 Å². The summed E-state index contributed by atoms with van der Waals surface area (Å²) < 4.78 is 37.2. The van der Waals surface area contributed by atoms with Crippen molar-refractivity contribution in [1.82, 2.24) is 9.55 Å². The molecule has 1 aromatic rings. The minimum atomic E-state index is -2.76. The van der Waals surface area contributed by atoms with Crippen molar-refractivity contribution in [3.63, 3.8) is 0 Å². The van der Waals surface area contributed by atoms with Crippen molar-refractivity contribution in [3.8, 4) is 0 Å². The molecule has 1 atom stereocenters. The van der Waals surface area contributed by atoms with Gasteiger partial charge in [-0.2, -0.15) is 4.39 Å². The highest BCUT2D eigenvalue weighted by Crippen LogP contribution is 2.34. The van der Waals surface area contributed by atoms with Crippen LogP contribution < -0.4 is 11.2 Å². The first-order chi connectivity index (χ1) is 13.6. The van der Waals surface area contributed by atoms with Crippen LogP contribution in [0.15, 0.2) is 27.9 Å². The van der Waals surface area contributed by atoms with Crippen LogP contribution in [0.1, 0.15) is 41.5 Å². The fourth-order valence-corrected chi connectivity index (χ4v) is 2.87. The molecule has 0 aliphatic rings. The van der Waals surface area contributed by atoms with Gasteiger partial charge in [-0.05, 0) is 41.5 Å². The van der Waals surface area contributed by atoms with Crippen LogP contribution >= 0.6 is 7.80 Å². The number of ether oxygens (including phenoxy) is 2. The Bertz CT molecular complexity index is 923. The fraction of sp³-hybridized carbons (Fsp3) is 0.579. The van der Waals surface area contributed by atoms with Crippen molar-refractivity contribution in [2.75, 3.05) is 6.16 Å². The summed E-state index contributed by atoms with van der Waals surface area (Å²) in [7, 11) is -2.76. The minimum Gasteiger partial charge on any atom is -0.418 e. The summed E-state index contributed by atoms with van der Waals surface area (Å²) in [6.07, 6.45) is 3.52. The number of halogens is 1. The van der Waals surface area contributed by atoms with E-state index >= 15 is 0 Å². The van der Waals surface area contributed by atoms with Gasteiger partial charge in [-0.1, -0.05) is 12.2 Å². The molecule has 0 aromatic carbocycles. The molecular weight excluding hydrogens is 418 g/mol. The molecule has 0 saturated carbocycles. The third kappa shape index (κ3) is 7.74. The summed E-state index contributed by atoms with van der Waals surface area (Å²) in [6, 6.07) is -1.54. The molecule has 0 radical (unpaired) electrons. The Morgan fingerprint density at radius 2 is 1.60 bits per heavy atom. The minimum absolute atomic E-state index is 0.0874. The molecule has 168 valence electrons. The van der Waals surface area contributed by atoms with E-state index < -0.39 is 53.7 Å². The van der Waals surface area contributed by atoms with Crippen molar-refractivity contribution >= 4 is 19.7 Å². The molecule has 0 bridgehead atoms. The molecule has 11 heteroatoms. The van der Waals surface area contributed by atoms with Gasteiger partial charge in [0.1, 0.15) is 0 Å². The average Bonchev–Trinajstić information content (AvgIpc) is 2.60. The van der Waals surface area contributed by atoms with Gasteiger partial charge in [-0.25, -0.2) is 4.79 Å². The molecule has 30 heavy (non-hydrogen) atoms. The molecule has 1 rings (SSSR count). The molecule has 9 nitrogen and oxygen atoms in total. The largest absolute Gasteiger partial charge is 0.418 e. The lowest BCUT2D eigenvalue weighted by atomic mass is 9.97. The molecule has 0 saturated heterocycles. The Balaban J connectivity index is 2.88. The predicted molar refractivity (Wildman–Crippen MR) is 109 cm³/mol. The average molecular weight is 446 g/mol. The number of H-pyrrole nitrogens is 1. The molecule has 0 aliphatic heterocycles. The van der Waals surface area contributed by atoms with Gasteiger partial charge in [0.15, 0.2) is 7.80 Å². The summed E-state index contributed by atoms with van der Waals surface area (Å²) in [5, 5.41) is 0. The number of allylic oxidation sites excluding steroid dienone is 2. The molecule has 0 amide bonds. The maximum absolute atomic E-state index is 13.3. The number of esters is 2. The zero-order valence-corrected chi connectivity index (χ0v) is 18.9. The normalized spacial score (nSPS) is 13.5. The molecule has 1 N–H and O–H groups in total. The molecule has 1 unspecified atom stereocenters. The molecule has 1 heterocycles. The van der Waals surface area contributed by atoms with Crippen LogP contribution in [0, 0.1) is 16.6 Å². The maximum atomic E-state index is 13.3. The topological polar surface area (TPSA) is 125 Å². The third-order valence-electron chi connectivity index (χ3n) is 3.67. The summed E-state index contributed by atoms with van der Waals surface area (Å²) >= 11 is 0. The van der Waals surface area contributed by atoms with Crippen LogP contribution in [-0.4, -0.2) is 33.7 Å². The van der Waals surface area contributed by atoms with E-state index in [-0.39, 0.29) is 12.7 Å². The van der Waals surface area contributed by atoms with Crippen LogP contribution in [0.4, 0.5) is 4.39 Å². The maximum Gasteiger partial charge on any atom is 0.328 e. The summed E-state index contributed by atoms with van der Waals surface area (Å²) in [5.74, 6) is -2.46. The van der Waals surface area contributed by atoms with Crippen LogP contribution in [0.2, 0.25) is 0 Å². The van der Waals surface area contributed by atoms with Gasteiger partial charge in [0, 0.05) is 12.7 Å². The van der Waals surface area contributed by atoms with E-state index in [1.807, 2.05) is 4.98 Å². The van der Waals surface area contributed by atoms with E-state index in [1.54, 1.807) is 41.5 Å². The van der Waals surface area contributed by atoms with Gasteiger partial charge in [0.05, 0.1) is 17.0 Å². The lowest BCUT2D eigenvalue weighted by Gasteiger charge is -2.25. The van der Waals surface area contributed by atoms with Crippen molar-refractivity contribution in [2.45, 2.75) is 54.1 Å². The second kappa shape index (κ2) is 10.0. The fourth-order valence-electron chi connectivity index (χ4n) is 1.81. The SMILES string of the molecule is CC(C)(C)C(=O)OC(OC(=O)C(C)(C)C)[PH](=O)C/C=C\Cn1cc(F)c(=O)[nH]c1=O. The van der Waals surface area contributed by atoms with Crippen LogP contribution in [0.3, 0.4) is 0 Å². The van der Waals surface area contributed by atoms with Crippen LogP contribution in [0.25, 0.3) is 0 Å². The van der Waals surface area contributed by atoms with E-state index in [0.717, 1.165) is 10.8 Å². The van der Waals surface area contributed by atoms with Gasteiger partial charge in [0.2, 0.25) is 5.82 Å². The zero-order chi connectivity index (χ0) is 23.3. The molecule has 1 aromatic heterocycles. The first-order valence-corrected chi connectivity index (χ1v) is 10.9. The summed E-state index contributed by atoms with van der Waals surface area (Å²) in [4.78, 5) is 48.8. The highest BCUT2D eigenvalue weighted by Gasteiger charge is 2.34. The molecule has 0 spiro atoms. The smallest absolute Gasteiger partial charge is 0.328 e. The number of nitrogens with one attached hydrogen (secondary N) is 1. The van der Waals surface area contributed by atoms with Crippen molar-refractivity contribution in [3.05, 3.63) is 45.0 Å². The standard InChI is InChI=1S/C19H28FN2O7P/c1-18(2,3)14(24)28-17(29-15(25)19(4,5)6)30(27)10-8-7-9-22-11-12(20)13(23)21-16(22)26/h7-8,11,17,30H,9-10H2,1-6H3,(H,21,23,26)/b8-7-. The lowest BCUT2D eigenvalue weighted by Crippen LogP contribution is -2.33. The van der Waals surface area contributed by atoms with Crippen molar-refractivity contribution < 1.29 is 28.0 Å². The lowest BCUT2D eigenvalue weighted by molar-refractivity contribution is -0.184. The van der Waals surface area contributed by atoms with E-state index in [1.165, 1.54) is 12.2 Å². The number of aromatic nitrogens is 2. The quantitative estimate of drug-likeness (QED) is 0.295. The second-order valence-corrected chi connectivity index (χ2v) is 10.5. The number of carbonyl (C=O) groups excluding carboxylic acids is 2. The first-order valence-electron chi connectivity index (χ1n) is 9.22. The van der Waals surface area contributed by atoms with Gasteiger partial charge >= 0.3 is 17.6 Å². The highest BCUT2D eigenvalue weighted by molar-refractivity contribution is 7.45. The number of hydrogen-bond donors (Lipinski definition) is 1. The van der Waals surface area contributed by atoms with Crippen LogP contribution in [0.5, 0.6) is 0 Å². The monoisotopic (exact) mass is 446 g/mol. The van der Waals surface area contributed by atoms with Gasteiger partial charge < -0.3 is 14.0 Å². The Morgan fingerprint density at radius 3 is 2.07 bits per heavy atom. The molecule has 0 fully saturated rings. The number of nitrogens with zero attached hydrogens (tertiary/aromatic N) is 1. The first kappa shape index (κ1) is 25.6. The van der Waals surface area contributed by atoms with Crippen molar-refractivity contribution in [1.29, 1.82) is 0 Å². The third-order valence-corrected chi connectivity index (χ3v) is 5.07. The number of carbonyl (C=O) groups is 2. The van der Waals surface area contributed by atoms with E-state index in [9.17, 15) is 28.1 Å². The molecule has 0 aliphatic carbocycles. The number of aromatic amines is 1. The Hall–Kier alpha value is -2.48. The van der Waals surface area contributed by atoms with Gasteiger partial charge in [-0.3, -0.25) is 23.9 Å². The Labute approximate surface area is 174 Å². The number of hydrogen-bond acceptors (Lipinski definition) is 7. The van der Waals surface area contributed by atoms with Crippen LogP contribution in [-0.2, 0) is 30.2 Å². The number of rotatable bonds is 7. The zero-order valence-electron chi connectivity index (χ0n) is 17.9. The Kier molecular flexibility index (Phi) is 8.53. The van der Waals surface area contributed by atoms with E-state index in [0.29, 0.717) is 0 Å². The van der Waals surface area contributed by atoms with E-state index in [4.69, 9.17) is 9.47 Å².